The number of carbonyl (C=O) groups excluding carboxylic acids is 1. The molecule has 1 aromatic carbocycles. The van der Waals surface area contributed by atoms with Crippen molar-refractivity contribution in [2.45, 2.75) is 33.6 Å². The standard InChI is InChI=1S/C17H19BrO/c1-16(2)14-8-9-17(16,3)15(19)13(14)10-11-4-6-12(18)7-5-11/h4-7,10,14H,8-9H2,1-3H3/b13-10-. The zero-order valence-electron chi connectivity index (χ0n) is 11.7. The molecule has 2 aliphatic carbocycles. The number of halogens is 1. The van der Waals surface area contributed by atoms with Gasteiger partial charge < -0.3 is 0 Å². The molecule has 0 aliphatic heterocycles. The Balaban J connectivity index is 2.04. The summed E-state index contributed by atoms with van der Waals surface area (Å²) in [6.45, 7) is 6.66. The highest BCUT2D eigenvalue weighted by Gasteiger charge is 2.63. The van der Waals surface area contributed by atoms with Crippen molar-refractivity contribution in [2.75, 3.05) is 0 Å². The minimum absolute atomic E-state index is 0.102. The lowest BCUT2D eigenvalue weighted by Gasteiger charge is -2.31. The molecule has 3 rings (SSSR count). The van der Waals surface area contributed by atoms with Crippen LogP contribution in [-0.2, 0) is 4.79 Å². The van der Waals surface area contributed by atoms with Crippen molar-refractivity contribution in [2.24, 2.45) is 16.7 Å². The Hall–Kier alpha value is -0.890. The van der Waals surface area contributed by atoms with Crippen LogP contribution < -0.4 is 0 Å². The number of ketones is 1. The second kappa shape index (κ2) is 4.05. The predicted molar refractivity (Wildman–Crippen MR) is 81.7 cm³/mol. The van der Waals surface area contributed by atoms with E-state index in [1.165, 1.54) is 0 Å². The van der Waals surface area contributed by atoms with Gasteiger partial charge >= 0.3 is 0 Å². The lowest BCUT2D eigenvalue weighted by Crippen LogP contribution is -2.32. The lowest BCUT2D eigenvalue weighted by atomic mass is 9.70. The minimum atomic E-state index is -0.154. The molecule has 2 heteroatoms. The fraction of sp³-hybridized carbons (Fsp3) is 0.471. The molecule has 0 heterocycles. The minimum Gasteiger partial charge on any atom is -0.294 e. The summed E-state index contributed by atoms with van der Waals surface area (Å²) in [7, 11) is 0. The Morgan fingerprint density at radius 3 is 2.37 bits per heavy atom. The first kappa shape index (κ1) is 13.1. The number of hydrogen-bond acceptors (Lipinski definition) is 1. The molecule has 0 saturated heterocycles. The third-order valence-electron chi connectivity index (χ3n) is 5.56. The van der Waals surface area contributed by atoms with Gasteiger partial charge in [0.25, 0.3) is 0 Å². The van der Waals surface area contributed by atoms with Crippen molar-refractivity contribution in [1.29, 1.82) is 0 Å². The van der Waals surface area contributed by atoms with Gasteiger partial charge in [0.15, 0.2) is 5.78 Å². The van der Waals surface area contributed by atoms with Crippen molar-refractivity contribution in [3.05, 3.63) is 39.9 Å². The topological polar surface area (TPSA) is 17.1 Å². The van der Waals surface area contributed by atoms with E-state index in [9.17, 15) is 4.79 Å². The van der Waals surface area contributed by atoms with Crippen molar-refractivity contribution in [1.82, 2.24) is 0 Å². The number of allylic oxidation sites excluding steroid dienone is 1. The largest absolute Gasteiger partial charge is 0.294 e. The summed E-state index contributed by atoms with van der Waals surface area (Å²) in [5, 5.41) is 0. The average Bonchev–Trinajstić information content (AvgIpc) is 2.66. The molecular formula is C17H19BrO. The highest BCUT2D eigenvalue weighted by atomic mass is 79.9. The smallest absolute Gasteiger partial charge is 0.165 e. The number of Topliss-reactive ketones (excluding diaryl/α,β-unsaturated/α-hetero) is 1. The summed E-state index contributed by atoms with van der Waals surface area (Å²) >= 11 is 3.44. The molecular weight excluding hydrogens is 300 g/mol. The van der Waals surface area contributed by atoms with Crippen LogP contribution in [0.5, 0.6) is 0 Å². The molecule has 2 bridgehead atoms. The molecule has 1 aromatic rings. The zero-order chi connectivity index (χ0) is 13.8. The number of carbonyl (C=O) groups is 1. The van der Waals surface area contributed by atoms with Gasteiger partial charge in [-0.25, -0.2) is 0 Å². The monoisotopic (exact) mass is 318 g/mol. The van der Waals surface area contributed by atoms with Crippen LogP contribution in [0.15, 0.2) is 34.3 Å². The van der Waals surface area contributed by atoms with E-state index < -0.39 is 0 Å². The summed E-state index contributed by atoms with van der Waals surface area (Å²) in [6, 6.07) is 8.17. The summed E-state index contributed by atoms with van der Waals surface area (Å²) in [5.74, 6) is 0.797. The summed E-state index contributed by atoms with van der Waals surface area (Å²) in [5.41, 5.74) is 2.11. The van der Waals surface area contributed by atoms with Gasteiger partial charge in [-0.1, -0.05) is 48.8 Å². The normalized spacial score (nSPS) is 34.2. The number of benzene rings is 1. The van der Waals surface area contributed by atoms with Gasteiger partial charge in [-0.3, -0.25) is 4.79 Å². The van der Waals surface area contributed by atoms with E-state index in [1.807, 2.05) is 12.1 Å². The van der Waals surface area contributed by atoms with Crippen molar-refractivity contribution in [3.63, 3.8) is 0 Å². The second-order valence-electron chi connectivity index (χ2n) is 6.63. The third kappa shape index (κ3) is 1.69. The summed E-state index contributed by atoms with van der Waals surface area (Å²) < 4.78 is 1.07. The van der Waals surface area contributed by atoms with Gasteiger partial charge in [0.1, 0.15) is 0 Å². The maximum absolute atomic E-state index is 12.7. The zero-order valence-corrected chi connectivity index (χ0v) is 13.3. The van der Waals surface area contributed by atoms with E-state index in [0.29, 0.717) is 11.7 Å². The van der Waals surface area contributed by atoms with Crippen LogP contribution in [0.3, 0.4) is 0 Å². The highest BCUT2D eigenvalue weighted by molar-refractivity contribution is 9.10. The van der Waals surface area contributed by atoms with Crippen LogP contribution in [0.25, 0.3) is 6.08 Å². The Labute approximate surface area is 123 Å². The fourth-order valence-corrected chi connectivity index (χ4v) is 4.10. The molecule has 0 aromatic heterocycles. The first-order valence-electron chi connectivity index (χ1n) is 6.88. The second-order valence-corrected chi connectivity index (χ2v) is 7.54. The maximum atomic E-state index is 12.7. The van der Waals surface area contributed by atoms with Crippen molar-refractivity contribution >= 4 is 27.8 Å². The number of fused-ring (bicyclic) bond motifs is 2. The highest BCUT2D eigenvalue weighted by Crippen LogP contribution is 2.65. The first-order valence-corrected chi connectivity index (χ1v) is 7.67. The van der Waals surface area contributed by atoms with E-state index in [2.05, 4.69) is 54.9 Å². The van der Waals surface area contributed by atoms with Crippen LogP contribution in [-0.4, -0.2) is 5.78 Å². The first-order chi connectivity index (χ1) is 8.86. The molecule has 0 N–H and O–H groups in total. The predicted octanol–water partition coefficient (Wildman–Crippen LogP) is 4.86. The Morgan fingerprint density at radius 1 is 1.21 bits per heavy atom. The van der Waals surface area contributed by atoms with Gasteiger partial charge in [-0.15, -0.1) is 0 Å². The third-order valence-corrected chi connectivity index (χ3v) is 6.09. The van der Waals surface area contributed by atoms with Gasteiger partial charge in [0.05, 0.1) is 0 Å². The maximum Gasteiger partial charge on any atom is 0.165 e. The van der Waals surface area contributed by atoms with Crippen LogP contribution in [0.1, 0.15) is 39.2 Å². The molecule has 2 unspecified atom stereocenters. The van der Waals surface area contributed by atoms with E-state index in [1.54, 1.807) is 0 Å². The molecule has 19 heavy (non-hydrogen) atoms. The molecule has 0 radical (unpaired) electrons. The van der Waals surface area contributed by atoms with Crippen LogP contribution in [0.2, 0.25) is 0 Å². The van der Waals surface area contributed by atoms with Crippen molar-refractivity contribution in [3.8, 4) is 0 Å². The van der Waals surface area contributed by atoms with E-state index in [4.69, 9.17) is 0 Å². The number of rotatable bonds is 1. The van der Waals surface area contributed by atoms with Gasteiger partial charge in [0.2, 0.25) is 0 Å². The van der Waals surface area contributed by atoms with Crippen LogP contribution >= 0.6 is 15.9 Å². The quantitative estimate of drug-likeness (QED) is 0.676. The van der Waals surface area contributed by atoms with E-state index >= 15 is 0 Å². The van der Waals surface area contributed by atoms with Gasteiger partial charge in [-0.05, 0) is 53.5 Å². The van der Waals surface area contributed by atoms with Gasteiger partial charge in [0, 0.05) is 9.89 Å². The molecule has 0 spiro atoms. The Kier molecular flexibility index (Phi) is 2.79. The average molecular weight is 319 g/mol. The fourth-order valence-electron chi connectivity index (χ4n) is 3.83. The lowest BCUT2D eigenvalue weighted by molar-refractivity contribution is -0.125. The molecule has 2 atom stereocenters. The molecule has 1 nitrogen and oxygen atoms in total. The summed E-state index contributed by atoms with van der Waals surface area (Å²) in [6.07, 6.45) is 4.30. The van der Waals surface area contributed by atoms with E-state index in [0.717, 1.165) is 28.5 Å². The SMILES string of the molecule is CC12CCC(/C(=C/c3ccc(Br)cc3)C1=O)C2(C)C. The summed E-state index contributed by atoms with van der Waals surface area (Å²) in [4.78, 5) is 12.7. The molecule has 2 aliphatic rings. The van der Waals surface area contributed by atoms with Crippen LogP contribution in [0, 0.1) is 16.7 Å². The van der Waals surface area contributed by atoms with Crippen LogP contribution in [0.4, 0.5) is 0 Å². The molecule has 2 fully saturated rings. The molecule has 0 amide bonds. The van der Waals surface area contributed by atoms with Gasteiger partial charge in [-0.2, -0.15) is 0 Å². The molecule has 100 valence electrons. The Bertz CT molecular complexity index is 567. The Morgan fingerprint density at radius 2 is 1.84 bits per heavy atom. The van der Waals surface area contributed by atoms with E-state index in [-0.39, 0.29) is 10.8 Å². The number of hydrogen-bond donors (Lipinski definition) is 0. The van der Waals surface area contributed by atoms with Crippen molar-refractivity contribution < 1.29 is 4.79 Å². The molecule has 2 saturated carbocycles.